The van der Waals surface area contributed by atoms with E-state index in [-0.39, 0.29) is 18.9 Å². The molecule has 0 spiro atoms. The number of anilines is 2. The number of carbonyl (C=O) groups excluding carboxylic acids is 1. The minimum atomic E-state index is -0.935. The van der Waals surface area contributed by atoms with Gasteiger partial charge in [0, 0.05) is 28.7 Å². The molecule has 0 saturated carbocycles. The molecular formula is C31H31N3O3S. The highest BCUT2D eigenvalue weighted by atomic mass is 32.1. The minimum Gasteiger partial charge on any atom is -0.481 e. The van der Waals surface area contributed by atoms with Gasteiger partial charge in [-0.2, -0.15) is 0 Å². The lowest BCUT2D eigenvalue weighted by Gasteiger charge is -2.23. The van der Waals surface area contributed by atoms with Gasteiger partial charge in [0.05, 0.1) is 18.7 Å². The lowest BCUT2D eigenvalue weighted by Crippen LogP contribution is -2.26. The average molecular weight is 526 g/mol. The second-order valence-electron chi connectivity index (χ2n) is 9.82. The van der Waals surface area contributed by atoms with Gasteiger partial charge in [0.15, 0.2) is 5.13 Å². The predicted molar refractivity (Wildman–Crippen MR) is 152 cm³/mol. The third-order valence-electron chi connectivity index (χ3n) is 6.96. The van der Waals surface area contributed by atoms with Crippen molar-refractivity contribution in [3.05, 3.63) is 99.4 Å². The maximum atomic E-state index is 12.4. The van der Waals surface area contributed by atoms with E-state index in [2.05, 4.69) is 65.8 Å². The highest BCUT2D eigenvalue weighted by Crippen LogP contribution is 2.36. The molecule has 3 aromatic carbocycles. The molecule has 0 aliphatic heterocycles. The Balaban J connectivity index is 1.41. The van der Waals surface area contributed by atoms with Gasteiger partial charge in [-0.3, -0.25) is 9.59 Å². The van der Waals surface area contributed by atoms with E-state index in [1.807, 2.05) is 12.1 Å². The third kappa shape index (κ3) is 5.78. The standard InChI is InChI=1S/C31H31N3O3S/c1-20-6-13-27(21(2)16-20)28-19-38-31(33-28)34(26-12-11-23-4-3-5-25(23)17-26)18-22-7-9-24(10-8-22)30(37)32-15-14-29(35)36/h6-13,16-17,19H,3-5,14-15,18H2,1-2H3,(H,32,37)(H,35,36). The van der Waals surface area contributed by atoms with E-state index in [0.29, 0.717) is 12.1 Å². The number of carboxylic acids is 1. The van der Waals surface area contributed by atoms with Crippen molar-refractivity contribution < 1.29 is 14.7 Å². The number of hydrogen-bond donors (Lipinski definition) is 2. The molecule has 0 bridgehead atoms. The van der Waals surface area contributed by atoms with Gasteiger partial charge in [-0.05, 0) is 79.6 Å². The summed E-state index contributed by atoms with van der Waals surface area (Å²) in [6, 6.07) is 20.7. The number of hydrogen-bond acceptors (Lipinski definition) is 5. The van der Waals surface area contributed by atoms with Crippen molar-refractivity contribution in [2.24, 2.45) is 0 Å². The van der Waals surface area contributed by atoms with Crippen LogP contribution in [0.4, 0.5) is 10.8 Å². The van der Waals surface area contributed by atoms with Crippen LogP contribution < -0.4 is 10.2 Å². The molecule has 1 heterocycles. The van der Waals surface area contributed by atoms with Crippen LogP contribution in [0.25, 0.3) is 11.3 Å². The Labute approximate surface area is 227 Å². The Morgan fingerprint density at radius 2 is 1.79 bits per heavy atom. The van der Waals surface area contributed by atoms with Crippen LogP contribution in [0.2, 0.25) is 0 Å². The van der Waals surface area contributed by atoms with Crippen molar-refractivity contribution in [1.29, 1.82) is 0 Å². The van der Waals surface area contributed by atoms with Gasteiger partial charge in [-0.15, -0.1) is 11.3 Å². The molecule has 0 saturated heterocycles. The quantitative estimate of drug-likeness (QED) is 0.262. The summed E-state index contributed by atoms with van der Waals surface area (Å²) in [5.41, 5.74) is 10.1. The number of benzene rings is 3. The molecule has 1 aliphatic carbocycles. The Hall–Kier alpha value is -3.97. The summed E-state index contributed by atoms with van der Waals surface area (Å²) in [4.78, 5) is 30.4. The van der Waals surface area contributed by atoms with Gasteiger partial charge in [0.2, 0.25) is 0 Å². The molecule has 7 heteroatoms. The van der Waals surface area contributed by atoms with E-state index in [1.165, 1.54) is 28.7 Å². The Kier molecular flexibility index (Phi) is 7.56. The molecule has 0 fully saturated rings. The van der Waals surface area contributed by atoms with E-state index in [1.54, 1.807) is 23.5 Å². The number of nitrogens with one attached hydrogen (secondary N) is 1. The van der Waals surface area contributed by atoms with Crippen molar-refractivity contribution in [2.45, 2.75) is 46.1 Å². The zero-order valence-corrected chi connectivity index (χ0v) is 22.5. The first kappa shape index (κ1) is 25.7. The Morgan fingerprint density at radius 3 is 2.55 bits per heavy atom. The average Bonchev–Trinajstić information content (AvgIpc) is 3.57. The van der Waals surface area contributed by atoms with Crippen LogP contribution in [0, 0.1) is 13.8 Å². The molecule has 5 rings (SSSR count). The largest absolute Gasteiger partial charge is 0.481 e. The van der Waals surface area contributed by atoms with Crippen LogP contribution in [-0.4, -0.2) is 28.5 Å². The zero-order valence-electron chi connectivity index (χ0n) is 21.7. The Bertz CT molecular complexity index is 1480. The number of fused-ring (bicyclic) bond motifs is 1. The van der Waals surface area contributed by atoms with E-state index in [4.69, 9.17) is 10.1 Å². The molecule has 38 heavy (non-hydrogen) atoms. The fourth-order valence-corrected chi connectivity index (χ4v) is 5.78. The molecule has 1 aliphatic rings. The van der Waals surface area contributed by atoms with E-state index < -0.39 is 5.97 Å². The van der Waals surface area contributed by atoms with Crippen molar-refractivity contribution in [2.75, 3.05) is 11.4 Å². The first-order chi connectivity index (χ1) is 18.4. The molecule has 0 unspecified atom stereocenters. The van der Waals surface area contributed by atoms with Crippen molar-refractivity contribution in [3.63, 3.8) is 0 Å². The van der Waals surface area contributed by atoms with Crippen molar-refractivity contribution >= 4 is 34.0 Å². The van der Waals surface area contributed by atoms with Crippen molar-refractivity contribution in [3.8, 4) is 11.3 Å². The van der Waals surface area contributed by atoms with E-state index >= 15 is 0 Å². The lowest BCUT2D eigenvalue weighted by atomic mass is 10.0. The fourth-order valence-electron chi connectivity index (χ4n) is 4.94. The summed E-state index contributed by atoms with van der Waals surface area (Å²) in [5, 5.41) is 14.5. The summed E-state index contributed by atoms with van der Waals surface area (Å²) in [7, 11) is 0. The fraction of sp³-hybridized carbons (Fsp3) is 0.258. The smallest absolute Gasteiger partial charge is 0.305 e. The van der Waals surface area contributed by atoms with E-state index in [0.717, 1.165) is 40.5 Å². The number of aryl methyl sites for hydroxylation is 4. The van der Waals surface area contributed by atoms with Crippen LogP contribution in [-0.2, 0) is 24.2 Å². The van der Waals surface area contributed by atoms with Gasteiger partial charge in [0.25, 0.3) is 5.91 Å². The molecule has 194 valence electrons. The second-order valence-corrected chi connectivity index (χ2v) is 10.7. The first-order valence-electron chi connectivity index (χ1n) is 12.9. The summed E-state index contributed by atoms with van der Waals surface area (Å²) in [5.74, 6) is -1.21. The van der Waals surface area contributed by atoms with Gasteiger partial charge in [-0.25, -0.2) is 4.98 Å². The SMILES string of the molecule is Cc1ccc(-c2csc(N(Cc3ccc(C(=O)NCCC(=O)O)cc3)c3ccc4c(c3)CCC4)n2)c(C)c1. The van der Waals surface area contributed by atoms with Gasteiger partial charge in [-0.1, -0.05) is 42.0 Å². The molecule has 0 radical (unpaired) electrons. The highest BCUT2D eigenvalue weighted by Gasteiger charge is 2.19. The number of carbonyl (C=O) groups is 2. The highest BCUT2D eigenvalue weighted by molar-refractivity contribution is 7.14. The summed E-state index contributed by atoms with van der Waals surface area (Å²) >= 11 is 1.63. The number of amides is 1. The maximum Gasteiger partial charge on any atom is 0.305 e. The monoisotopic (exact) mass is 525 g/mol. The maximum absolute atomic E-state index is 12.4. The van der Waals surface area contributed by atoms with Crippen LogP contribution in [0.15, 0.2) is 66.0 Å². The van der Waals surface area contributed by atoms with Crippen molar-refractivity contribution in [1.82, 2.24) is 10.3 Å². The van der Waals surface area contributed by atoms with Crippen LogP contribution in [0.1, 0.15) is 51.0 Å². The third-order valence-corrected chi connectivity index (χ3v) is 7.82. The number of carboxylic acid groups (broad SMARTS) is 1. The molecular weight excluding hydrogens is 494 g/mol. The zero-order chi connectivity index (χ0) is 26.6. The number of rotatable bonds is 9. The van der Waals surface area contributed by atoms with Crippen LogP contribution in [0.3, 0.4) is 0 Å². The Morgan fingerprint density at radius 1 is 1.00 bits per heavy atom. The topological polar surface area (TPSA) is 82.5 Å². The molecule has 0 atom stereocenters. The van der Waals surface area contributed by atoms with Gasteiger partial charge >= 0.3 is 5.97 Å². The van der Waals surface area contributed by atoms with Gasteiger partial charge < -0.3 is 15.3 Å². The number of nitrogens with zero attached hydrogens (tertiary/aromatic N) is 2. The molecule has 1 aromatic heterocycles. The summed E-state index contributed by atoms with van der Waals surface area (Å²) < 4.78 is 0. The second kappa shape index (κ2) is 11.2. The number of aromatic nitrogens is 1. The van der Waals surface area contributed by atoms with Crippen LogP contribution >= 0.6 is 11.3 Å². The predicted octanol–water partition coefficient (Wildman–Crippen LogP) is 6.46. The summed E-state index contributed by atoms with van der Waals surface area (Å²) in [6.45, 7) is 4.94. The lowest BCUT2D eigenvalue weighted by molar-refractivity contribution is -0.136. The molecule has 6 nitrogen and oxygen atoms in total. The normalized spacial score (nSPS) is 12.3. The van der Waals surface area contributed by atoms with Gasteiger partial charge in [0.1, 0.15) is 0 Å². The number of thiazole rings is 1. The van der Waals surface area contributed by atoms with Crippen LogP contribution in [0.5, 0.6) is 0 Å². The number of aliphatic carboxylic acids is 1. The summed E-state index contributed by atoms with van der Waals surface area (Å²) in [6.07, 6.45) is 3.34. The molecule has 4 aromatic rings. The first-order valence-corrected chi connectivity index (χ1v) is 13.8. The minimum absolute atomic E-state index is 0.0997. The van der Waals surface area contributed by atoms with E-state index in [9.17, 15) is 9.59 Å². The molecule has 1 amide bonds. The molecule has 2 N–H and O–H groups in total.